The molecule has 1 aromatic rings. The van der Waals surface area contributed by atoms with Gasteiger partial charge in [0.1, 0.15) is 5.82 Å². The van der Waals surface area contributed by atoms with E-state index in [9.17, 15) is 4.39 Å². The van der Waals surface area contributed by atoms with Gasteiger partial charge >= 0.3 is 0 Å². The van der Waals surface area contributed by atoms with Gasteiger partial charge in [-0.2, -0.15) is 0 Å². The zero-order chi connectivity index (χ0) is 12.8. The number of hydroxylamine groups is 1. The third-order valence-electron chi connectivity index (χ3n) is 2.15. The quantitative estimate of drug-likeness (QED) is 0.499. The maximum absolute atomic E-state index is 13.4. The van der Waals surface area contributed by atoms with Crippen LogP contribution in [0.15, 0.2) is 27.7 Å². The monoisotopic (exact) mass is 302 g/mol. The third kappa shape index (κ3) is 4.09. The van der Waals surface area contributed by atoms with Crippen molar-refractivity contribution in [3.05, 3.63) is 34.1 Å². The first-order chi connectivity index (χ1) is 8.20. The molecular formula is C12H16BrFN2O. The molecular weight excluding hydrogens is 287 g/mol. The van der Waals surface area contributed by atoms with Crippen LogP contribution in [0.5, 0.6) is 0 Å². The largest absolute Gasteiger partial charge is 0.290 e. The molecule has 1 aliphatic rings. The van der Waals surface area contributed by atoms with Gasteiger partial charge in [-0.3, -0.25) is 15.7 Å². The molecule has 0 saturated heterocycles. The van der Waals surface area contributed by atoms with Crippen LogP contribution in [-0.2, 0) is 0 Å². The summed E-state index contributed by atoms with van der Waals surface area (Å²) in [5.41, 5.74) is 2.22. The smallest absolute Gasteiger partial charge is 0.155 e. The fourth-order valence-corrected chi connectivity index (χ4v) is 1.58. The zero-order valence-electron chi connectivity index (χ0n) is 9.87. The Kier molecular flexibility index (Phi) is 5.58. The van der Waals surface area contributed by atoms with Gasteiger partial charge in [0.15, 0.2) is 5.84 Å². The second-order valence-electron chi connectivity index (χ2n) is 3.44. The number of hydrogen-bond acceptors (Lipinski definition) is 2. The molecule has 2 rings (SSSR count). The van der Waals surface area contributed by atoms with E-state index < -0.39 is 5.82 Å². The molecule has 0 aliphatic heterocycles. The van der Waals surface area contributed by atoms with Gasteiger partial charge in [-0.25, -0.2) is 4.39 Å². The Hall–Kier alpha value is -0.940. The van der Waals surface area contributed by atoms with E-state index in [4.69, 9.17) is 5.21 Å². The molecule has 1 fully saturated rings. The molecule has 1 saturated carbocycles. The second kappa shape index (κ2) is 6.71. The number of nitrogens with one attached hydrogen (secondary N) is 1. The summed E-state index contributed by atoms with van der Waals surface area (Å²) in [6.07, 6.45) is 2.00. The van der Waals surface area contributed by atoms with Crippen LogP contribution in [0.4, 0.5) is 4.39 Å². The van der Waals surface area contributed by atoms with Crippen LogP contribution < -0.4 is 5.48 Å². The lowest BCUT2D eigenvalue weighted by Gasteiger charge is -2.06. The highest BCUT2D eigenvalue weighted by atomic mass is 79.9. The minimum absolute atomic E-state index is 0.191. The zero-order valence-corrected chi connectivity index (χ0v) is 11.5. The van der Waals surface area contributed by atoms with Gasteiger partial charge in [0.2, 0.25) is 0 Å². The summed E-state index contributed by atoms with van der Waals surface area (Å²) in [6.45, 7) is 4.00. The molecule has 1 aliphatic carbocycles. The summed E-state index contributed by atoms with van der Waals surface area (Å²) in [7, 11) is 0. The molecule has 0 radical (unpaired) electrons. The lowest BCUT2D eigenvalue weighted by Crippen LogP contribution is -2.22. The first kappa shape index (κ1) is 14.1. The summed E-state index contributed by atoms with van der Waals surface area (Å²) in [4.78, 5) is 4.17. The van der Waals surface area contributed by atoms with Crippen LogP contribution in [0.2, 0.25) is 0 Å². The minimum atomic E-state index is -0.404. The number of nitrogens with zero attached hydrogens (tertiary/aromatic N) is 1. The van der Waals surface area contributed by atoms with E-state index in [0.717, 1.165) is 17.3 Å². The molecule has 94 valence electrons. The van der Waals surface area contributed by atoms with E-state index in [1.807, 2.05) is 19.3 Å². The van der Waals surface area contributed by atoms with Gasteiger partial charge in [-0.05, 0) is 31.0 Å². The highest BCUT2D eigenvalue weighted by molar-refractivity contribution is 9.10. The Labute approximate surface area is 109 Å². The first-order valence-electron chi connectivity index (χ1n) is 5.64. The molecule has 0 bridgehead atoms. The van der Waals surface area contributed by atoms with E-state index in [1.165, 1.54) is 6.07 Å². The molecule has 5 heteroatoms. The number of aliphatic imine (C=N–C) groups is 1. The van der Waals surface area contributed by atoms with E-state index in [-0.39, 0.29) is 17.4 Å². The Morgan fingerprint density at radius 3 is 2.65 bits per heavy atom. The van der Waals surface area contributed by atoms with Crippen LogP contribution in [0.1, 0.15) is 32.3 Å². The standard InChI is InChI=1S/C10H10BrFN2O.C2H6/c11-6-1-4-9(12)8(5-6)10(14-15)13-7-2-3-7;1-2/h1,4-5,7,15H,2-3H2,(H,13,14);1-2H3. The van der Waals surface area contributed by atoms with Crippen molar-refractivity contribution in [2.45, 2.75) is 32.7 Å². The van der Waals surface area contributed by atoms with Crippen LogP contribution in [0.25, 0.3) is 0 Å². The van der Waals surface area contributed by atoms with Crippen LogP contribution in [0.3, 0.4) is 0 Å². The molecule has 2 N–H and O–H groups in total. The van der Waals surface area contributed by atoms with Crippen molar-refractivity contribution in [3.8, 4) is 0 Å². The van der Waals surface area contributed by atoms with Crippen molar-refractivity contribution in [1.29, 1.82) is 0 Å². The molecule has 0 heterocycles. The van der Waals surface area contributed by atoms with Crippen LogP contribution >= 0.6 is 15.9 Å². The number of rotatable bonds is 2. The highest BCUT2D eigenvalue weighted by Gasteiger charge is 2.22. The van der Waals surface area contributed by atoms with Crippen molar-refractivity contribution in [3.63, 3.8) is 0 Å². The van der Waals surface area contributed by atoms with Crippen molar-refractivity contribution < 1.29 is 9.60 Å². The van der Waals surface area contributed by atoms with Gasteiger partial charge in [0, 0.05) is 4.47 Å². The molecule has 0 spiro atoms. The number of hydrogen-bond donors (Lipinski definition) is 2. The fraction of sp³-hybridized carbons (Fsp3) is 0.417. The van der Waals surface area contributed by atoms with Gasteiger partial charge in [-0.1, -0.05) is 29.8 Å². The summed E-state index contributed by atoms with van der Waals surface area (Å²) in [5.74, 6) is -0.213. The Morgan fingerprint density at radius 1 is 1.47 bits per heavy atom. The minimum Gasteiger partial charge on any atom is -0.290 e. The molecule has 17 heavy (non-hydrogen) atoms. The van der Waals surface area contributed by atoms with Crippen molar-refractivity contribution >= 4 is 21.8 Å². The van der Waals surface area contributed by atoms with Gasteiger partial charge in [0.05, 0.1) is 11.6 Å². The Balaban J connectivity index is 0.000000686. The molecule has 3 nitrogen and oxygen atoms in total. The maximum atomic E-state index is 13.4. The van der Waals surface area contributed by atoms with E-state index >= 15 is 0 Å². The maximum Gasteiger partial charge on any atom is 0.155 e. The van der Waals surface area contributed by atoms with Crippen molar-refractivity contribution in [2.24, 2.45) is 4.99 Å². The Morgan fingerprint density at radius 2 is 2.12 bits per heavy atom. The van der Waals surface area contributed by atoms with Crippen LogP contribution in [0, 0.1) is 5.82 Å². The first-order valence-corrected chi connectivity index (χ1v) is 6.43. The van der Waals surface area contributed by atoms with Crippen molar-refractivity contribution in [2.75, 3.05) is 0 Å². The highest BCUT2D eigenvalue weighted by Crippen LogP contribution is 2.25. The number of halogens is 2. The average molecular weight is 303 g/mol. The molecule has 0 unspecified atom stereocenters. The van der Waals surface area contributed by atoms with Gasteiger partial charge < -0.3 is 0 Å². The number of benzene rings is 1. The summed E-state index contributed by atoms with van der Waals surface area (Å²) in [5, 5.41) is 8.91. The van der Waals surface area contributed by atoms with Crippen molar-refractivity contribution in [1.82, 2.24) is 5.48 Å². The van der Waals surface area contributed by atoms with Gasteiger partial charge in [0.25, 0.3) is 0 Å². The number of amidine groups is 1. The average Bonchev–Trinajstić information content (AvgIpc) is 3.16. The topological polar surface area (TPSA) is 44.6 Å². The lowest BCUT2D eigenvalue weighted by molar-refractivity contribution is 0.234. The van der Waals surface area contributed by atoms with E-state index in [1.54, 1.807) is 12.1 Å². The van der Waals surface area contributed by atoms with Crippen LogP contribution in [-0.4, -0.2) is 17.1 Å². The summed E-state index contributed by atoms with van der Waals surface area (Å²) >= 11 is 3.24. The second-order valence-corrected chi connectivity index (χ2v) is 4.36. The normalized spacial score (nSPS) is 15.0. The molecule has 0 aromatic heterocycles. The molecule has 0 atom stereocenters. The third-order valence-corrected chi connectivity index (χ3v) is 2.64. The fourth-order valence-electron chi connectivity index (χ4n) is 1.22. The van der Waals surface area contributed by atoms with E-state index in [0.29, 0.717) is 0 Å². The van der Waals surface area contributed by atoms with E-state index in [2.05, 4.69) is 20.9 Å². The predicted molar refractivity (Wildman–Crippen MR) is 69.9 cm³/mol. The lowest BCUT2D eigenvalue weighted by atomic mass is 10.2. The predicted octanol–water partition coefficient (Wildman–Crippen LogP) is 3.50. The Bertz CT molecular complexity index is 405. The van der Waals surface area contributed by atoms with Gasteiger partial charge in [-0.15, -0.1) is 0 Å². The summed E-state index contributed by atoms with van der Waals surface area (Å²) < 4.78 is 14.2. The molecule has 1 aromatic carbocycles. The SMILES string of the molecule is CC.ONC(=NC1CC1)c1cc(Br)ccc1F. The summed E-state index contributed by atoms with van der Waals surface area (Å²) in [6, 6.07) is 4.74. The molecule has 0 amide bonds.